The highest BCUT2D eigenvalue weighted by Crippen LogP contribution is 2.26. The minimum Gasteiger partial charge on any atom is -0.329 e. The Balaban J connectivity index is 1.29. The van der Waals surface area contributed by atoms with E-state index in [2.05, 4.69) is 20.3 Å². The van der Waals surface area contributed by atoms with Gasteiger partial charge in [-0.3, -0.25) is 9.59 Å². The lowest BCUT2D eigenvalue weighted by molar-refractivity contribution is -0.116. The van der Waals surface area contributed by atoms with Gasteiger partial charge in [0.05, 0.1) is 10.9 Å². The SMILES string of the molecule is Cn1ccnc1Sc1ccc(NC(=O)CCCc2nc3ccccc3c(=O)[nH]2)cc1. The summed E-state index contributed by atoms with van der Waals surface area (Å²) < 4.78 is 1.96. The molecule has 0 unspecified atom stereocenters. The molecule has 0 saturated carbocycles. The number of carbonyl (C=O) groups excluding carboxylic acids is 1. The number of aryl methyl sites for hydroxylation is 2. The average Bonchev–Trinajstić information content (AvgIpc) is 3.14. The smallest absolute Gasteiger partial charge is 0.258 e. The maximum atomic E-state index is 12.2. The van der Waals surface area contributed by atoms with Crippen molar-refractivity contribution in [2.24, 2.45) is 7.05 Å². The summed E-state index contributed by atoms with van der Waals surface area (Å²) in [5, 5.41) is 4.39. The maximum Gasteiger partial charge on any atom is 0.258 e. The maximum absolute atomic E-state index is 12.2. The molecule has 0 radical (unpaired) electrons. The Morgan fingerprint density at radius 3 is 2.73 bits per heavy atom. The van der Waals surface area contributed by atoms with Crippen LogP contribution in [0.1, 0.15) is 18.7 Å². The number of carbonyl (C=O) groups is 1. The van der Waals surface area contributed by atoms with E-state index in [0.717, 1.165) is 15.7 Å². The third-order valence-corrected chi connectivity index (χ3v) is 5.69. The van der Waals surface area contributed by atoms with E-state index in [-0.39, 0.29) is 11.5 Å². The highest BCUT2D eigenvalue weighted by Gasteiger charge is 2.07. The fourth-order valence-electron chi connectivity index (χ4n) is 3.06. The number of para-hydroxylation sites is 1. The third-order valence-electron chi connectivity index (χ3n) is 4.60. The molecule has 0 saturated heterocycles. The second-order valence-electron chi connectivity index (χ2n) is 6.88. The highest BCUT2D eigenvalue weighted by atomic mass is 32.2. The summed E-state index contributed by atoms with van der Waals surface area (Å²) in [6.45, 7) is 0. The zero-order valence-corrected chi connectivity index (χ0v) is 17.3. The van der Waals surface area contributed by atoms with E-state index in [1.807, 2.05) is 60.3 Å². The first kappa shape index (κ1) is 19.9. The first-order chi connectivity index (χ1) is 14.6. The Morgan fingerprint density at radius 1 is 1.17 bits per heavy atom. The summed E-state index contributed by atoms with van der Waals surface area (Å²) in [4.78, 5) is 37.0. The molecular formula is C22H21N5O2S. The molecule has 2 aromatic heterocycles. The number of amides is 1. The van der Waals surface area contributed by atoms with Gasteiger partial charge in [0.1, 0.15) is 5.82 Å². The Bertz CT molecular complexity index is 1230. The lowest BCUT2D eigenvalue weighted by atomic mass is 10.2. The number of rotatable bonds is 7. The Morgan fingerprint density at radius 2 is 1.97 bits per heavy atom. The van der Waals surface area contributed by atoms with E-state index < -0.39 is 0 Å². The highest BCUT2D eigenvalue weighted by molar-refractivity contribution is 7.99. The normalized spacial score (nSPS) is 11.0. The van der Waals surface area contributed by atoms with E-state index in [1.54, 1.807) is 24.0 Å². The number of hydrogen-bond acceptors (Lipinski definition) is 5. The van der Waals surface area contributed by atoms with Crippen molar-refractivity contribution in [3.8, 4) is 0 Å². The van der Waals surface area contributed by atoms with Crippen LogP contribution in [0.5, 0.6) is 0 Å². The first-order valence-electron chi connectivity index (χ1n) is 9.61. The molecule has 2 aromatic carbocycles. The van der Waals surface area contributed by atoms with Crippen LogP contribution in [-0.4, -0.2) is 25.4 Å². The van der Waals surface area contributed by atoms with Gasteiger partial charge in [-0.25, -0.2) is 9.97 Å². The van der Waals surface area contributed by atoms with Crippen molar-refractivity contribution in [3.63, 3.8) is 0 Å². The standard InChI is InChI=1S/C22H21N5O2S/c1-27-14-13-23-22(27)30-16-11-9-15(10-12-16)24-20(28)8-4-7-19-25-18-6-3-2-5-17(18)21(29)26-19/h2-3,5-6,9-14H,4,7-8H2,1H3,(H,24,28)(H,25,26,29). The van der Waals surface area contributed by atoms with E-state index in [9.17, 15) is 9.59 Å². The van der Waals surface area contributed by atoms with Crippen LogP contribution in [0.4, 0.5) is 5.69 Å². The van der Waals surface area contributed by atoms with Crippen molar-refractivity contribution in [2.75, 3.05) is 5.32 Å². The van der Waals surface area contributed by atoms with Crippen LogP contribution in [0, 0.1) is 0 Å². The van der Waals surface area contributed by atoms with Crippen LogP contribution in [-0.2, 0) is 18.3 Å². The Kier molecular flexibility index (Phi) is 5.94. The summed E-state index contributed by atoms with van der Waals surface area (Å²) in [5.74, 6) is 0.532. The molecule has 4 aromatic rings. The molecule has 7 nitrogen and oxygen atoms in total. The number of aromatic nitrogens is 4. The minimum absolute atomic E-state index is 0.0670. The van der Waals surface area contributed by atoms with Gasteiger partial charge >= 0.3 is 0 Å². The van der Waals surface area contributed by atoms with Crippen molar-refractivity contribution >= 4 is 34.3 Å². The molecule has 2 N–H and O–H groups in total. The molecule has 4 rings (SSSR count). The quantitative estimate of drug-likeness (QED) is 0.476. The average molecular weight is 420 g/mol. The van der Waals surface area contributed by atoms with Crippen molar-refractivity contribution in [1.82, 2.24) is 19.5 Å². The van der Waals surface area contributed by atoms with Crippen molar-refractivity contribution in [2.45, 2.75) is 29.3 Å². The number of anilines is 1. The van der Waals surface area contributed by atoms with Crippen LogP contribution in [0.25, 0.3) is 10.9 Å². The summed E-state index contributed by atoms with van der Waals surface area (Å²) in [7, 11) is 1.95. The van der Waals surface area contributed by atoms with Gasteiger partial charge in [0.15, 0.2) is 5.16 Å². The summed E-state index contributed by atoms with van der Waals surface area (Å²) in [6, 6.07) is 14.9. The van der Waals surface area contributed by atoms with Crippen LogP contribution in [0.15, 0.2) is 75.8 Å². The van der Waals surface area contributed by atoms with Gasteiger partial charge in [-0.2, -0.15) is 0 Å². The molecule has 0 fully saturated rings. The molecule has 1 amide bonds. The van der Waals surface area contributed by atoms with Crippen molar-refractivity contribution in [1.29, 1.82) is 0 Å². The molecule has 30 heavy (non-hydrogen) atoms. The molecule has 0 aliphatic carbocycles. The molecule has 0 aliphatic heterocycles. The number of benzene rings is 2. The number of aromatic amines is 1. The molecular weight excluding hydrogens is 398 g/mol. The molecule has 0 atom stereocenters. The predicted octanol–water partition coefficient (Wildman–Crippen LogP) is 3.77. The van der Waals surface area contributed by atoms with Crippen molar-refractivity contribution < 1.29 is 4.79 Å². The molecule has 2 heterocycles. The lowest BCUT2D eigenvalue weighted by Gasteiger charge is -2.07. The van der Waals surface area contributed by atoms with Crippen LogP contribution < -0.4 is 10.9 Å². The van der Waals surface area contributed by atoms with Gasteiger partial charge in [-0.05, 0) is 42.8 Å². The number of nitrogens with zero attached hydrogens (tertiary/aromatic N) is 3. The van der Waals surface area contributed by atoms with Gasteiger partial charge in [-0.1, -0.05) is 23.9 Å². The second-order valence-corrected chi connectivity index (χ2v) is 7.92. The molecule has 8 heteroatoms. The minimum atomic E-state index is -0.149. The molecule has 0 bridgehead atoms. The monoisotopic (exact) mass is 419 g/mol. The lowest BCUT2D eigenvalue weighted by Crippen LogP contribution is -2.14. The summed E-state index contributed by atoms with van der Waals surface area (Å²) >= 11 is 1.57. The fourth-order valence-corrected chi connectivity index (χ4v) is 3.86. The van der Waals surface area contributed by atoms with Crippen molar-refractivity contribution in [3.05, 3.63) is 77.1 Å². The summed E-state index contributed by atoms with van der Waals surface area (Å²) in [5.41, 5.74) is 1.27. The van der Waals surface area contributed by atoms with E-state index >= 15 is 0 Å². The number of H-pyrrole nitrogens is 1. The zero-order chi connectivity index (χ0) is 20.9. The van der Waals surface area contributed by atoms with Crippen LogP contribution in [0.2, 0.25) is 0 Å². The van der Waals surface area contributed by atoms with Gasteiger partial charge in [0.25, 0.3) is 5.56 Å². The van der Waals surface area contributed by atoms with Gasteiger partial charge in [0.2, 0.25) is 5.91 Å². The van der Waals surface area contributed by atoms with Gasteiger partial charge in [0, 0.05) is 42.9 Å². The Hall–Kier alpha value is -3.39. The fraction of sp³-hybridized carbons (Fsp3) is 0.182. The van der Waals surface area contributed by atoms with Gasteiger partial charge in [-0.15, -0.1) is 0 Å². The number of hydrogen-bond donors (Lipinski definition) is 2. The predicted molar refractivity (Wildman–Crippen MR) is 118 cm³/mol. The molecule has 152 valence electrons. The largest absolute Gasteiger partial charge is 0.329 e. The molecule has 0 spiro atoms. The molecule has 0 aliphatic rings. The zero-order valence-electron chi connectivity index (χ0n) is 16.5. The number of nitrogens with one attached hydrogen (secondary N) is 2. The van der Waals surface area contributed by atoms with Crippen LogP contribution >= 0.6 is 11.8 Å². The van der Waals surface area contributed by atoms with E-state index in [4.69, 9.17) is 0 Å². The van der Waals surface area contributed by atoms with Crippen LogP contribution in [0.3, 0.4) is 0 Å². The second kappa shape index (κ2) is 8.96. The first-order valence-corrected chi connectivity index (χ1v) is 10.4. The summed E-state index contributed by atoms with van der Waals surface area (Å²) in [6.07, 6.45) is 5.15. The Labute approximate surface area is 177 Å². The third kappa shape index (κ3) is 4.77. The van der Waals surface area contributed by atoms with E-state index in [1.165, 1.54) is 0 Å². The number of fused-ring (bicyclic) bond motifs is 1. The van der Waals surface area contributed by atoms with Gasteiger partial charge < -0.3 is 14.9 Å². The number of imidazole rings is 1. The van der Waals surface area contributed by atoms with E-state index in [0.29, 0.717) is 36.0 Å². The topological polar surface area (TPSA) is 92.7 Å².